The molecule has 80 valence electrons. The van der Waals surface area contributed by atoms with Gasteiger partial charge in [-0.15, -0.1) is 0 Å². The molecule has 0 amide bonds. The molecule has 0 aliphatic heterocycles. The van der Waals surface area contributed by atoms with Crippen LogP contribution in [0.5, 0.6) is 0 Å². The van der Waals surface area contributed by atoms with E-state index in [1.165, 1.54) is 18.2 Å². The van der Waals surface area contributed by atoms with Crippen molar-refractivity contribution in [3.8, 4) is 0 Å². The second kappa shape index (κ2) is 5.36. The minimum Gasteiger partial charge on any atom is -0.308 e. The number of benzene rings is 1. The highest BCUT2D eigenvalue weighted by atomic mass is 127. The second-order valence-electron chi connectivity index (χ2n) is 2.60. The predicted octanol–water partition coefficient (Wildman–Crippen LogP) is 2.36. The fourth-order valence-electron chi connectivity index (χ4n) is 1.14. The average Bonchev–Trinajstić information content (AvgIpc) is 2.26. The summed E-state index contributed by atoms with van der Waals surface area (Å²) in [6.07, 6.45) is 0.928. The van der Waals surface area contributed by atoms with E-state index in [-0.39, 0.29) is 16.0 Å². The number of thiol groups is 1. The maximum absolute atomic E-state index is 13.4. The molecular weight excluding hydrogens is 332 g/mol. The highest BCUT2D eigenvalue weighted by molar-refractivity contribution is 14.1. The number of nitrogens with one attached hydrogen (secondary N) is 1. The Kier molecular flexibility index (Phi) is 4.40. The third kappa shape index (κ3) is 2.63. The SMILES string of the molecule is N=Cc1cccc([SH](=O)=O)c1/C(F)=C\I. The van der Waals surface area contributed by atoms with Gasteiger partial charge in [0.15, 0.2) is 10.7 Å². The minimum atomic E-state index is -2.86. The van der Waals surface area contributed by atoms with Gasteiger partial charge in [0.05, 0.1) is 4.90 Å². The number of halogens is 2. The molecule has 0 atom stereocenters. The molecule has 0 heterocycles. The van der Waals surface area contributed by atoms with E-state index in [0.717, 1.165) is 10.3 Å². The summed E-state index contributed by atoms with van der Waals surface area (Å²) in [6, 6.07) is 4.28. The zero-order valence-electron chi connectivity index (χ0n) is 7.41. The molecule has 1 N–H and O–H groups in total. The van der Waals surface area contributed by atoms with E-state index >= 15 is 0 Å². The Morgan fingerprint density at radius 3 is 2.60 bits per heavy atom. The van der Waals surface area contributed by atoms with E-state index in [4.69, 9.17) is 5.41 Å². The fourth-order valence-corrected chi connectivity index (χ4v) is 2.08. The van der Waals surface area contributed by atoms with Gasteiger partial charge in [-0.2, -0.15) is 0 Å². The van der Waals surface area contributed by atoms with Crippen LogP contribution in [0.1, 0.15) is 11.1 Å². The highest BCUT2D eigenvalue weighted by Gasteiger charge is 2.12. The molecule has 0 fully saturated rings. The van der Waals surface area contributed by atoms with Crippen LogP contribution in [0.2, 0.25) is 0 Å². The van der Waals surface area contributed by atoms with Crippen LogP contribution in [0.25, 0.3) is 5.83 Å². The standard InChI is InChI=1S/C9H7FINO2S/c10-7(4-11)9-6(5-12)2-1-3-8(9)15(13)14/h1-5,12,15H/b7-4+,12-5?. The lowest BCUT2D eigenvalue weighted by Crippen LogP contribution is -1.95. The molecule has 0 spiro atoms. The van der Waals surface area contributed by atoms with Gasteiger partial charge < -0.3 is 5.41 Å². The molecule has 3 nitrogen and oxygen atoms in total. The van der Waals surface area contributed by atoms with E-state index in [1.807, 2.05) is 0 Å². The summed E-state index contributed by atoms with van der Waals surface area (Å²) in [5.41, 5.74) is 0.204. The number of hydrogen-bond donors (Lipinski definition) is 2. The molecule has 0 bridgehead atoms. The molecule has 6 heteroatoms. The Balaban J connectivity index is 3.61. The molecule has 0 aromatic heterocycles. The Hall–Kier alpha value is -0.760. The van der Waals surface area contributed by atoms with Gasteiger partial charge in [0, 0.05) is 21.4 Å². The molecule has 0 saturated heterocycles. The first kappa shape index (κ1) is 12.3. The van der Waals surface area contributed by atoms with Crippen molar-refractivity contribution >= 4 is 45.3 Å². The third-order valence-corrected chi connectivity index (χ3v) is 3.07. The van der Waals surface area contributed by atoms with Gasteiger partial charge in [0.2, 0.25) is 0 Å². The Morgan fingerprint density at radius 1 is 1.47 bits per heavy atom. The molecule has 0 aliphatic carbocycles. The van der Waals surface area contributed by atoms with Crippen molar-refractivity contribution < 1.29 is 12.8 Å². The van der Waals surface area contributed by atoms with Gasteiger partial charge in [-0.3, -0.25) is 0 Å². The first-order valence-electron chi connectivity index (χ1n) is 3.86. The summed E-state index contributed by atoms with van der Waals surface area (Å²) < 4.78 is 36.3. The van der Waals surface area contributed by atoms with Crippen molar-refractivity contribution in [3.05, 3.63) is 33.4 Å². The first-order valence-corrected chi connectivity index (χ1v) is 6.28. The molecule has 15 heavy (non-hydrogen) atoms. The molecule has 1 rings (SSSR count). The van der Waals surface area contributed by atoms with Crippen LogP contribution in [0.4, 0.5) is 4.39 Å². The summed E-state index contributed by atoms with van der Waals surface area (Å²) in [4.78, 5) is -0.101. The molecule has 0 radical (unpaired) electrons. The van der Waals surface area contributed by atoms with Crippen molar-refractivity contribution in [2.45, 2.75) is 4.90 Å². The lowest BCUT2D eigenvalue weighted by Gasteiger charge is -2.05. The van der Waals surface area contributed by atoms with Crippen molar-refractivity contribution in [2.75, 3.05) is 0 Å². The van der Waals surface area contributed by atoms with E-state index < -0.39 is 16.5 Å². The van der Waals surface area contributed by atoms with Gasteiger partial charge in [-0.25, -0.2) is 12.8 Å². The number of hydrogen-bond acceptors (Lipinski definition) is 3. The fraction of sp³-hybridized carbons (Fsp3) is 0. The van der Waals surface area contributed by atoms with Crippen molar-refractivity contribution in [1.29, 1.82) is 5.41 Å². The predicted molar refractivity (Wildman–Crippen MR) is 66.0 cm³/mol. The molecular formula is C9H7FINO2S. The Bertz CT molecular complexity index is 489. The largest absolute Gasteiger partial charge is 0.308 e. The smallest absolute Gasteiger partial charge is 0.169 e. The molecule has 0 saturated carbocycles. The van der Waals surface area contributed by atoms with Gasteiger partial charge in [0.25, 0.3) is 0 Å². The summed E-state index contributed by atoms with van der Waals surface area (Å²) >= 11 is 1.68. The van der Waals surface area contributed by atoms with Crippen LogP contribution < -0.4 is 0 Å². The zero-order chi connectivity index (χ0) is 11.4. The Labute approximate surface area is 102 Å². The topological polar surface area (TPSA) is 58.0 Å². The van der Waals surface area contributed by atoms with E-state index in [0.29, 0.717) is 0 Å². The summed E-state index contributed by atoms with van der Waals surface area (Å²) in [5, 5.41) is 7.07. The van der Waals surface area contributed by atoms with Crippen LogP contribution >= 0.6 is 22.6 Å². The van der Waals surface area contributed by atoms with E-state index in [1.54, 1.807) is 22.6 Å². The van der Waals surface area contributed by atoms with E-state index in [9.17, 15) is 12.8 Å². The van der Waals surface area contributed by atoms with Crippen LogP contribution in [0.3, 0.4) is 0 Å². The molecule has 0 unspecified atom stereocenters. The molecule has 1 aromatic rings. The average molecular weight is 339 g/mol. The molecule has 1 aromatic carbocycles. The van der Waals surface area contributed by atoms with Crippen LogP contribution in [-0.4, -0.2) is 14.6 Å². The van der Waals surface area contributed by atoms with Crippen molar-refractivity contribution in [1.82, 2.24) is 0 Å². The maximum atomic E-state index is 13.4. The van der Waals surface area contributed by atoms with Gasteiger partial charge in [0.1, 0.15) is 5.83 Å². The Morgan fingerprint density at radius 2 is 2.13 bits per heavy atom. The third-order valence-electron chi connectivity index (χ3n) is 1.76. The number of rotatable bonds is 3. The zero-order valence-corrected chi connectivity index (χ0v) is 10.5. The van der Waals surface area contributed by atoms with Gasteiger partial charge >= 0.3 is 0 Å². The quantitative estimate of drug-likeness (QED) is 0.505. The van der Waals surface area contributed by atoms with Crippen molar-refractivity contribution in [2.24, 2.45) is 0 Å². The minimum absolute atomic E-state index is 0.0435. The van der Waals surface area contributed by atoms with Crippen molar-refractivity contribution in [3.63, 3.8) is 0 Å². The normalized spacial score (nSPS) is 11.8. The maximum Gasteiger partial charge on any atom is 0.169 e. The second-order valence-corrected chi connectivity index (χ2v) is 4.22. The van der Waals surface area contributed by atoms with Gasteiger partial charge in [-0.1, -0.05) is 12.1 Å². The van der Waals surface area contributed by atoms with Crippen LogP contribution in [-0.2, 0) is 10.7 Å². The lowest BCUT2D eigenvalue weighted by atomic mass is 10.1. The first-order chi connectivity index (χ1) is 7.11. The van der Waals surface area contributed by atoms with Crippen LogP contribution in [0, 0.1) is 5.41 Å². The van der Waals surface area contributed by atoms with Crippen LogP contribution in [0.15, 0.2) is 27.2 Å². The summed E-state index contributed by atoms with van der Waals surface area (Å²) in [5.74, 6) is -0.649. The van der Waals surface area contributed by atoms with E-state index in [2.05, 4.69) is 0 Å². The summed E-state index contributed by atoms with van der Waals surface area (Å²) in [6.45, 7) is 0. The molecule has 0 aliphatic rings. The summed E-state index contributed by atoms with van der Waals surface area (Å²) in [7, 11) is -2.86. The van der Waals surface area contributed by atoms with Gasteiger partial charge in [-0.05, 0) is 28.7 Å². The lowest BCUT2D eigenvalue weighted by molar-refractivity contribution is 0.613. The highest BCUT2D eigenvalue weighted by Crippen LogP contribution is 2.26. The monoisotopic (exact) mass is 339 g/mol.